The Kier molecular flexibility index (Phi) is 8.20. The van der Waals surface area contributed by atoms with Gasteiger partial charge < -0.3 is 10.2 Å². The molecule has 6 nitrogen and oxygen atoms in total. The van der Waals surface area contributed by atoms with E-state index in [0.717, 1.165) is 17.8 Å². The van der Waals surface area contributed by atoms with Gasteiger partial charge in [-0.3, -0.25) is 19.5 Å². The molecule has 1 aromatic rings. The molecule has 2 saturated heterocycles. The van der Waals surface area contributed by atoms with Crippen LogP contribution in [0.3, 0.4) is 0 Å². The zero-order chi connectivity index (χ0) is 26.0. The van der Waals surface area contributed by atoms with E-state index in [4.69, 9.17) is 0 Å². The minimum absolute atomic E-state index is 0.0332. The fourth-order valence-corrected chi connectivity index (χ4v) is 4.56. The van der Waals surface area contributed by atoms with E-state index in [-0.39, 0.29) is 41.8 Å². The van der Waals surface area contributed by atoms with Crippen LogP contribution in [0, 0.1) is 5.92 Å². The number of hydrogen-bond donors (Lipinski definition) is 1. The number of nitrogens with zero attached hydrogens (tertiary/aromatic N) is 3. The van der Waals surface area contributed by atoms with Crippen molar-refractivity contribution in [3.8, 4) is 0 Å². The summed E-state index contributed by atoms with van der Waals surface area (Å²) >= 11 is 0.964. The summed E-state index contributed by atoms with van der Waals surface area (Å²) in [4.78, 5) is 31.5. The molecule has 2 amide bonds. The van der Waals surface area contributed by atoms with Gasteiger partial charge in [0.25, 0.3) is 5.24 Å². The molecule has 2 aliphatic heterocycles. The molecule has 13 heteroatoms. The number of benzene rings is 1. The average molecular weight is 523 g/mol. The van der Waals surface area contributed by atoms with E-state index in [0.29, 0.717) is 42.7 Å². The number of allylic oxidation sites excluding steroid dienone is 1. The second kappa shape index (κ2) is 10.6. The predicted molar refractivity (Wildman–Crippen MR) is 120 cm³/mol. The van der Waals surface area contributed by atoms with Gasteiger partial charge >= 0.3 is 12.4 Å². The Morgan fingerprint density at radius 1 is 1.17 bits per heavy atom. The minimum Gasteiger partial charge on any atom is -0.347 e. The predicted octanol–water partition coefficient (Wildman–Crippen LogP) is 4.76. The van der Waals surface area contributed by atoms with Crippen LogP contribution >= 0.6 is 11.8 Å². The Balaban J connectivity index is 1.66. The first kappa shape index (κ1) is 27.1. The topological polar surface area (TPSA) is 65.0 Å². The monoisotopic (exact) mass is 522 g/mol. The second-order valence-corrected chi connectivity index (χ2v) is 9.49. The third kappa shape index (κ3) is 7.23. The molecule has 0 radical (unpaired) electrons. The van der Waals surface area contributed by atoms with E-state index in [1.807, 2.05) is 6.08 Å². The number of thioether (sulfide) groups is 1. The number of nitrogens with one attached hydrogen (secondary N) is 1. The standard InChI is InChI=1S/C22H24F6N4O2S/c1-31(2)18(33)11-29-19-17(35-20(34)30-19)9-13-5-7-32(8-6-13)12-14-3-4-15(21(23,24)25)10-16(14)22(26,27)28/h3-4,9-10,13H,5-8,11-12H2,1-2H3,(H,29,30,34). The number of hydrogen-bond acceptors (Lipinski definition) is 5. The van der Waals surface area contributed by atoms with Gasteiger partial charge in [-0.2, -0.15) is 26.3 Å². The minimum atomic E-state index is -4.90. The fraction of sp³-hybridized carbons (Fsp3) is 0.500. The first-order valence-electron chi connectivity index (χ1n) is 10.7. The Morgan fingerprint density at radius 3 is 2.40 bits per heavy atom. The molecule has 0 saturated carbocycles. The van der Waals surface area contributed by atoms with Crippen LogP contribution in [-0.2, 0) is 23.7 Å². The molecule has 0 atom stereocenters. The molecule has 0 spiro atoms. The van der Waals surface area contributed by atoms with E-state index in [1.54, 1.807) is 19.0 Å². The summed E-state index contributed by atoms with van der Waals surface area (Å²) in [6.07, 6.45) is -6.71. The first-order valence-corrected chi connectivity index (χ1v) is 11.5. The molecule has 35 heavy (non-hydrogen) atoms. The summed E-state index contributed by atoms with van der Waals surface area (Å²) in [5, 5.41) is 2.29. The highest BCUT2D eigenvalue weighted by Crippen LogP contribution is 2.38. The van der Waals surface area contributed by atoms with Crippen LogP contribution in [-0.4, -0.2) is 60.5 Å². The van der Waals surface area contributed by atoms with Crippen LogP contribution in [0.4, 0.5) is 31.1 Å². The van der Waals surface area contributed by atoms with Gasteiger partial charge in [-0.05, 0) is 61.3 Å². The van der Waals surface area contributed by atoms with Crippen LogP contribution in [0.2, 0.25) is 0 Å². The van der Waals surface area contributed by atoms with E-state index in [1.165, 1.54) is 4.90 Å². The Hall–Kier alpha value is -2.54. The van der Waals surface area contributed by atoms with Crippen LogP contribution in [0.25, 0.3) is 0 Å². The van der Waals surface area contributed by atoms with Crippen molar-refractivity contribution in [2.45, 2.75) is 31.7 Å². The van der Waals surface area contributed by atoms with E-state index < -0.39 is 23.5 Å². The average Bonchev–Trinajstić information content (AvgIpc) is 3.10. The highest BCUT2D eigenvalue weighted by molar-refractivity contribution is 8.18. The molecule has 2 heterocycles. The summed E-state index contributed by atoms with van der Waals surface area (Å²) in [5.41, 5.74) is -2.82. The van der Waals surface area contributed by atoms with Crippen molar-refractivity contribution in [2.24, 2.45) is 10.9 Å². The lowest BCUT2D eigenvalue weighted by atomic mass is 9.95. The number of aliphatic imine (C=N–C) groups is 1. The number of rotatable bonds is 5. The quantitative estimate of drug-likeness (QED) is 0.567. The lowest BCUT2D eigenvalue weighted by molar-refractivity contribution is -0.143. The lowest BCUT2D eigenvalue weighted by Crippen LogP contribution is -2.33. The Labute approximate surface area is 202 Å². The summed E-state index contributed by atoms with van der Waals surface area (Å²) in [5.74, 6) is 0.126. The smallest absolute Gasteiger partial charge is 0.347 e. The zero-order valence-electron chi connectivity index (χ0n) is 19.0. The fourth-order valence-electron chi connectivity index (χ4n) is 3.74. The number of halogens is 6. The molecule has 2 aliphatic rings. The largest absolute Gasteiger partial charge is 0.416 e. The molecular formula is C22H24F6N4O2S. The Bertz CT molecular complexity index is 1030. The van der Waals surface area contributed by atoms with E-state index in [9.17, 15) is 35.9 Å². The maximum absolute atomic E-state index is 13.4. The Morgan fingerprint density at radius 2 is 1.83 bits per heavy atom. The molecule has 0 unspecified atom stereocenters. The number of amidine groups is 1. The SMILES string of the molecule is CN(C)C(=O)CN=C1NC(=O)SC1=CC1CCN(Cc2ccc(C(F)(F)F)cc2C(F)(F)F)CC1. The van der Waals surface area contributed by atoms with Gasteiger partial charge in [0.15, 0.2) is 0 Å². The van der Waals surface area contributed by atoms with Crippen molar-refractivity contribution in [3.05, 3.63) is 45.9 Å². The molecule has 2 fully saturated rings. The third-order valence-electron chi connectivity index (χ3n) is 5.68. The van der Waals surface area contributed by atoms with Gasteiger partial charge in [0.05, 0.1) is 16.0 Å². The van der Waals surface area contributed by atoms with Gasteiger partial charge in [-0.1, -0.05) is 12.1 Å². The molecule has 1 aromatic carbocycles. The lowest BCUT2D eigenvalue weighted by Gasteiger charge is -2.31. The van der Waals surface area contributed by atoms with Gasteiger partial charge in [0.1, 0.15) is 12.4 Å². The van der Waals surface area contributed by atoms with Crippen LogP contribution < -0.4 is 5.32 Å². The highest BCUT2D eigenvalue weighted by Gasteiger charge is 2.38. The van der Waals surface area contributed by atoms with Crippen LogP contribution in [0.15, 0.2) is 34.2 Å². The number of alkyl halides is 6. The van der Waals surface area contributed by atoms with Crippen molar-refractivity contribution in [3.63, 3.8) is 0 Å². The number of carbonyl (C=O) groups is 2. The van der Waals surface area contributed by atoms with Crippen molar-refractivity contribution in [2.75, 3.05) is 33.7 Å². The number of amides is 2. The normalized spacial score (nSPS) is 20.5. The molecule has 0 bridgehead atoms. The van der Waals surface area contributed by atoms with Gasteiger partial charge in [0, 0.05) is 20.6 Å². The second-order valence-electron chi connectivity index (χ2n) is 8.48. The highest BCUT2D eigenvalue weighted by atomic mass is 32.2. The first-order chi connectivity index (χ1) is 16.2. The van der Waals surface area contributed by atoms with Crippen molar-refractivity contribution in [1.29, 1.82) is 0 Å². The molecule has 1 N–H and O–H groups in total. The molecule has 192 valence electrons. The van der Waals surface area contributed by atoms with E-state index in [2.05, 4.69) is 10.3 Å². The number of likely N-dealkylation sites (N-methyl/N-ethyl adjacent to an activating group) is 1. The molecule has 3 rings (SSSR count). The number of piperidine rings is 1. The molecule has 0 aromatic heterocycles. The summed E-state index contributed by atoms with van der Waals surface area (Å²) in [7, 11) is 3.19. The number of likely N-dealkylation sites (tertiary alicyclic amines) is 1. The van der Waals surface area contributed by atoms with Crippen molar-refractivity contribution in [1.82, 2.24) is 15.1 Å². The summed E-state index contributed by atoms with van der Waals surface area (Å²) < 4.78 is 78.9. The van der Waals surface area contributed by atoms with E-state index >= 15 is 0 Å². The van der Waals surface area contributed by atoms with Crippen LogP contribution in [0.1, 0.15) is 29.5 Å². The molecular weight excluding hydrogens is 498 g/mol. The summed E-state index contributed by atoms with van der Waals surface area (Å²) in [6, 6.07) is 1.73. The zero-order valence-corrected chi connectivity index (χ0v) is 19.8. The van der Waals surface area contributed by atoms with Crippen LogP contribution in [0.5, 0.6) is 0 Å². The third-order valence-corrected chi connectivity index (χ3v) is 6.52. The van der Waals surface area contributed by atoms with Gasteiger partial charge in [-0.25, -0.2) is 0 Å². The van der Waals surface area contributed by atoms with Gasteiger partial charge in [0.2, 0.25) is 5.91 Å². The van der Waals surface area contributed by atoms with Crippen molar-refractivity contribution >= 4 is 28.7 Å². The van der Waals surface area contributed by atoms with Gasteiger partial charge in [-0.15, -0.1) is 0 Å². The molecule has 0 aliphatic carbocycles. The number of carbonyl (C=O) groups excluding carboxylic acids is 2. The maximum Gasteiger partial charge on any atom is 0.416 e. The summed E-state index contributed by atoms with van der Waals surface area (Å²) in [6.45, 7) is 0.632. The van der Waals surface area contributed by atoms with Crippen molar-refractivity contribution < 1.29 is 35.9 Å². The maximum atomic E-state index is 13.4.